The summed E-state index contributed by atoms with van der Waals surface area (Å²) < 4.78 is 16.6. The van der Waals surface area contributed by atoms with Gasteiger partial charge in [0.1, 0.15) is 5.76 Å². The highest BCUT2D eigenvalue weighted by Crippen LogP contribution is 2.27. The van der Waals surface area contributed by atoms with E-state index >= 15 is 0 Å². The second kappa shape index (κ2) is 7.59. The molecule has 1 fully saturated rings. The van der Waals surface area contributed by atoms with Gasteiger partial charge in [-0.1, -0.05) is 25.3 Å². The molecule has 0 heterocycles. The van der Waals surface area contributed by atoms with E-state index in [1.165, 1.54) is 32.1 Å². The lowest BCUT2D eigenvalue weighted by atomic mass is 9.95. The molecule has 0 aromatic heterocycles. The largest absolute Gasteiger partial charge is 0.497 e. The van der Waals surface area contributed by atoms with Crippen molar-refractivity contribution in [2.24, 2.45) is 5.92 Å². The van der Waals surface area contributed by atoms with Crippen LogP contribution in [0.5, 0.6) is 0 Å². The lowest BCUT2D eigenvalue weighted by molar-refractivity contribution is 0.0226. The Balaban J connectivity index is 1.70. The second-order valence-corrected chi connectivity index (χ2v) is 5.44. The summed E-state index contributed by atoms with van der Waals surface area (Å²) in [6.07, 6.45) is 13.3. The quantitative estimate of drug-likeness (QED) is 0.731. The molecular formula is C16H26O3. The second-order valence-electron chi connectivity index (χ2n) is 5.44. The molecule has 108 valence electrons. The van der Waals surface area contributed by atoms with E-state index in [2.05, 4.69) is 6.08 Å². The molecule has 0 spiro atoms. The number of rotatable bonds is 6. The fourth-order valence-corrected chi connectivity index (χ4v) is 2.91. The molecule has 2 rings (SSSR count). The summed E-state index contributed by atoms with van der Waals surface area (Å²) in [5, 5.41) is 0. The van der Waals surface area contributed by atoms with Crippen molar-refractivity contribution in [1.82, 2.24) is 0 Å². The van der Waals surface area contributed by atoms with E-state index in [1.807, 2.05) is 6.08 Å². The first-order chi connectivity index (χ1) is 9.33. The zero-order valence-electron chi connectivity index (χ0n) is 12.2. The summed E-state index contributed by atoms with van der Waals surface area (Å²) >= 11 is 0. The van der Waals surface area contributed by atoms with Crippen molar-refractivity contribution in [3.63, 3.8) is 0 Å². The van der Waals surface area contributed by atoms with Gasteiger partial charge >= 0.3 is 0 Å². The lowest BCUT2D eigenvalue weighted by Crippen LogP contribution is -2.19. The maximum Gasteiger partial charge on any atom is 0.156 e. The van der Waals surface area contributed by atoms with Gasteiger partial charge in [-0.2, -0.15) is 0 Å². The predicted octanol–water partition coefficient (Wildman–Crippen LogP) is 3.81. The van der Waals surface area contributed by atoms with Gasteiger partial charge in [-0.25, -0.2) is 0 Å². The fourth-order valence-electron chi connectivity index (χ4n) is 2.91. The monoisotopic (exact) mass is 266 g/mol. The van der Waals surface area contributed by atoms with E-state index in [1.54, 1.807) is 14.2 Å². The minimum atomic E-state index is 0.508. The normalized spacial score (nSPS) is 24.6. The maximum absolute atomic E-state index is 5.99. The van der Waals surface area contributed by atoms with Gasteiger partial charge in [0.05, 0.1) is 20.3 Å². The van der Waals surface area contributed by atoms with Crippen molar-refractivity contribution in [3.05, 3.63) is 23.7 Å². The third-order valence-corrected chi connectivity index (χ3v) is 4.10. The SMILES string of the molecule is COC1=C(OC)CC(CCOC2CCCCC2)C=C1. The Bertz CT molecular complexity index is 327. The first kappa shape index (κ1) is 14.4. The van der Waals surface area contributed by atoms with Gasteiger partial charge in [-0.3, -0.25) is 0 Å². The predicted molar refractivity (Wildman–Crippen MR) is 75.7 cm³/mol. The van der Waals surface area contributed by atoms with Gasteiger partial charge in [0.15, 0.2) is 5.76 Å². The molecule has 3 nitrogen and oxygen atoms in total. The summed E-state index contributed by atoms with van der Waals surface area (Å²) in [7, 11) is 3.40. The highest BCUT2D eigenvalue weighted by atomic mass is 16.5. The van der Waals surface area contributed by atoms with E-state index in [4.69, 9.17) is 14.2 Å². The van der Waals surface area contributed by atoms with E-state index < -0.39 is 0 Å². The topological polar surface area (TPSA) is 27.7 Å². The fraction of sp³-hybridized carbons (Fsp3) is 0.750. The molecule has 0 aromatic carbocycles. The molecule has 19 heavy (non-hydrogen) atoms. The van der Waals surface area contributed by atoms with Gasteiger partial charge in [-0.05, 0) is 31.3 Å². The summed E-state index contributed by atoms with van der Waals surface area (Å²) in [5.74, 6) is 2.32. The Hall–Kier alpha value is -0.960. The smallest absolute Gasteiger partial charge is 0.156 e. The Morgan fingerprint density at radius 1 is 1.11 bits per heavy atom. The summed E-state index contributed by atoms with van der Waals surface area (Å²) in [5.41, 5.74) is 0. The molecule has 0 bridgehead atoms. The standard InChI is InChI=1S/C16H26O3/c1-17-15-9-8-13(12-16(15)18-2)10-11-19-14-6-4-3-5-7-14/h8-9,13-14H,3-7,10-12H2,1-2H3. The summed E-state index contributed by atoms with van der Waals surface area (Å²) in [6.45, 7) is 0.860. The first-order valence-electron chi connectivity index (χ1n) is 7.44. The van der Waals surface area contributed by atoms with Crippen LogP contribution < -0.4 is 0 Å². The summed E-state index contributed by atoms with van der Waals surface area (Å²) in [4.78, 5) is 0. The Kier molecular flexibility index (Phi) is 5.77. The Morgan fingerprint density at radius 2 is 1.89 bits per heavy atom. The van der Waals surface area contributed by atoms with Crippen LogP contribution in [0.15, 0.2) is 23.7 Å². The van der Waals surface area contributed by atoms with Crippen LogP contribution in [0.2, 0.25) is 0 Å². The van der Waals surface area contributed by atoms with Crippen LogP contribution in [0.1, 0.15) is 44.9 Å². The molecule has 2 aliphatic carbocycles. The first-order valence-corrected chi connectivity index (χ1v) is 7.44. The van der Waals surface area contributed by atoms with Gasteiger partial charge in [-0.15, -0.1) is 0 Å². The van der Waals surface area contributed by atoms with Crippen LogP contribution in [0.3, 0.4) is 0 Å². The average Bonchev–Trinajstić information content (AvgIpc) is 2.48. The minimum Gasteiger partial charge on any atom is -0.497 e. The molecule has 0 N–H and O–H groups in total. The van der Waals surface area contributed by atoms with Crippen LogP contribution in [-0.4, -0.2) is 26.9 Å². The number of hydrogen-bond acceptors (Lipinski definition) is 3. The van der Waals surface area contributed by atoms with Gasteiger partial charge < -0.3 is 14.2 Å². The zero-order valence-corrected chi connectivity index (χ0v) is 12.2. The molecule has 0 amide bonds. The molecule has 0 aromatic rings. The highest BCUT2D eigenvalue weighted by Gasteiger charge is 2.19. The van der Waals surface area contributed by atoms with Gasteiger partial charge in [0.2, 0.25) is 0 Å². The number of ether oxygens (including phenoxy) is 3. The molecule has 2 aliphatic rings. The van der Waals surface area contributed by atoms with Crippen molar-refractivity contribution in [3.8, 4) is 0 Å². The molecule has 1 saturated carbocycles. The minimum absolute atomic E-state index is 0.508. The summed E-state index contributed by atoms with van der Waals surface area (Å²) in [6, 6.07) is 0. The van der Waals surface area contributed by atoms with Gasteiger partial charge in [0.25, 0.3) is 0 Å². The Labute approximate surface area is 116 Å². The molecular weight excluding hydrogens is 240 g/mol. The molecule has 0 radical (unpaired) electrons. The van der Waals surface area contributed by atoms with Crippen molar-refractivity contribution in [1.29, 1.82) is 0 Å². The number of methoxy groups -OCH3 is 2. The Morgan fingerprint density at radius 3 is 2.58 bits per heavy atom. The van der Waals surface area contributed by atoms with E-state index in [-0.39, 0.29) is 0 Å². The van der Waals surface area contributed by atoms with E-state index in [0.29, 0.717) is 12.0 Å². The molecule has 1 atom stereocenters. The zero-order chi connectivity index (χ0) is 13.5. The number of allylic oxidation sites excluding steroid dienone is 3. The molecule has 1 unspecified atom stereocenters. The van der Waals surface area contributed by atoms with Crippen molar-refractivity contribution >= 4 is 0 Å². The van der Waals surface area contributed by atoms with E-state index in [0.717, 1.165) is 31.0 Å². The van der Waals surface area contributed by atoms with Crippen molar-refractivity contribution < 1.29 is 14.2 Å². The van der Waals surface area contributed by atoms with Crippen molar-refractivity contribution in [2.45, 2.75) is 51.0 Å². The van der Waals surface area contributed by atoms with Crippen LogP contribution in [0, 0.1) is 5.92 Å². The third kappa shape index (κ3) is 4.27. The third-order valence-electron chi connectivity index (χ3n) is 4.10. The van der Waals surface area contributed by atoms with Crippen molar-refractivity contribution in [2.75, 3.05) is 20.8 Å². The van der Waals surface area contributed by atoms with E-state index in [9.17, 15) is 0 Å². The van der Waals surface area contributed by atoms with Crippen LogP contribution in [0.4, 0.5) is 0 Å². The van der Waals surface area contributed by atoms with Crippen LogP contribution in [0.25, 0.3) is 0 Å². The number of hydrogen-bond donors (Lipinski definition) is 0. The lowest BCUT2D eigenvalue weighted by Gasteiger charge is -2.24. The molecule has 0 saturated heterocycles. The van der Waals surface area contributed by atoms with Gasteiger partial charge in [0, 0.05) is 13.0 Å². The van der Waals surface area contributed by atoms with Crippen LogP contribution >= 0.6 is 0 Å². The maximum atomic E-state index is 5.99. The van der Waals surface area contributed by atoms with Crippen LogP contribution in [-0.2, 0) is 14.2 Å². The average molecular weight is 266 g/mol. The molecule has 0 aliphatic heterocycles. The highest BCUT2D eigenvalue weighted by molar-refractivity contribution is 5.22. The molecule has 3 heteroatoms.